The molecule has 1 saturated carbocycles. The Morgan fingerprint density at radius 1 is 1.15 bits per heavy atom. The molecule has 0 bridgehead atoms. The van der Waals surface area contributed by atoms with E-state index in [0.717, 1.165) is 47.2 Å². The minimum Gasteiger partial charge on any atom is -0.497 e. The third kappa shape index (κ3) is 3.76. The molecule has 1 aliphatic heterocycles. The van der Waals surface area contributed by atoms with Crippen LogP contribution in [-0.2, 0) is 6.54 Å². The maximum absolute atomic E-state index is 13.4. The lowest BCUT2D eigenvalue weighted by atomic mass is 10.1. The zero-order chi connectivity index (χ0) is 18.8. The van der Waals surface area contributed by atoms with Gasteiger partial charge in [0.25, 0.3) is 5.91 Å². The van der Waals surface area contributed by atoms with Gasteiger partial charge in [-0.15, -0.1) is 0 Å². The Bertz CT molecular complexity index is 848. The number of hydrogen-bond donors (Lipinski definition) is 0. The van der Waals surface area contributed by atoms with E-state index < -0.39 is 0 Å². The molecule has 2 aromatic rings. The van der Waals surface area contributed by atoms with Gasteiger partial charge in [0.15, 0.2) is 11.5 Å². The van der Waals surface area contributed by atoms with E-state index >= 15 is 0 Å². The van der Waals surface area contributed by atoms with Gasteiger partial charge in [-0.2, -0.15) is 0 Å². The van der Waals surface area contributed by atoms with Crippen molar-refractivity contribution in [3.05, 3.63) is 52.0 Å². The summed E-state index contributed by atoms with van der Waals surface area (Å²) >= 11 is 3.52. The van der Waals surface area contributed by atoms with E-state index in [2.05, 4.69) is 15.9 Å². The van der Waals surface area contributed by atoms with E-state index in [0.29, 0.717) is 17.9 Å². The van der Waals surface area contributed by atoms with E-state index in [1.165, 1.54) is 0 Å². The highest BCUT2D eigenvalue weighted by Gasteiger charge is 2.29. The van der Waals surface area contributed by atoms with Crippen molar-refractivity contribution in [3.63, 3.8) is 0 Å². The zero-order valence-electron chi connectivity index (χ0n) is 15.2. The Kier molecular flexibility index (Phi) is 5.25. The molecule has 4 rings (SSSR count). The number of carbonyl (C=O) groups is 1. The molecule has 2 aromatic carbocycles. The minimum absolute atomic E-state index is 0.0188. The van der Waals surface area contributed by atoms with Crippen LogP contribution >= 0.6 is 15.9 Å². The summed E-state index contributed by atoms with van der Waals surface area (Å²) in [5.41, 5.74) is 1.67. The van der Waals surface area contributed by atoms with Gasteiger partial charge < -0.3 is 19.1 Å². The van der Waals surface area contributed by atoms with Crippen LogP contribution in [0.3, 0.4) is 0 Å². The molecule has 5 nitrogen and oxygen atoms in total. The lowest BCUT2D eigenvalue weighted by molar-refractivity contribution is 0.0663. The van der Waals surface area contributed by atoms with Crippen molar-refractivity contribution in [2.24, 2.45) is 0 Å². The topological polar surface area (TPSA) is 48.0 Å². The molecule has 1 amide bonds. The van der Waals surface area contributed by atoms with Crippen molar-refractivity contribution in [1.29, 1.82) is 0 Å². The smallest absolute Gasteiger partial charge is 0.255 e. The fraction of sp³-hybridized carbons (Fsp3) is 0.381. The Morgan fingerprint density at radius 3 is 2.70 bits per heavy atom. The van der Waals surface area contributed by atoms with Gasteiger partial charge in [-0.25, -0.2) is 0 Å². The second-order valence-electron chi connectivity index (χ2n) is 6.90. The highest BCUT2D eigenvalue weighted by Crippen LogP contribution is 2.34. The minimum atomic E-state index is 0.0188. The highest BCUT2D eigenvalue weighted by molar-refractivity contribution is 9.10. The first kappa shape index (κ1) is 18.2. The van der Waals surface area contributed by atoms with Crippen molar-refractivity contribution < 1.29 is 19.0 Å². The molecule has 0 saturated heterocycles. The van der Waals surface area contributed by atoms with Crippen LogP contribution in [0.2, 0.25) is 0 Å². The van der Waals surface area contributed by atoms with Crippen LogP contribution < -0.4 is 14.2 Å². The van der Waals surface area contributed by atoms with Gasteiger partial charge in [-0.3, -0.25) is 4.79 Å². The number of rotatable bonds is 5. The number of fused-ring (bicyclic) bond motifs is 1. The fourth-order valence-electron chi connectivity index (χ4n) is 3.77. The van der Waals surface area contributed by atoms with E-state index in [1.807, 2.05) is 35.2 Å². The summed E-state index contributed by atoms with van der Waals surface area (Å²) in [5.74, 6) is 2.20. The van der Waals surface area contributed by atoms with E-state index in [1.54, 1.807) is 13.2 Å². The molecule has 1 fully saturated rings. The summed E-state index contributed by atoms with van der Waals surface area (Å²) < 4.78 is 17.0. The predicted molar refractivity (Wildman–Crippen MR) is 105 cm³/mol. The number of halogens is 1. The summed E-state index contributed by atoms with van der Waals surface area (Å²) in [6.07, 6.45) is 4.40. The maximum Gasteiger partial charge on any atom is 0.255 e. The number of benzene rings is 2. The summed E-state index contributed by atoms with van der Waals surface area (Å²) in [5, 5.41) is 0. The van der Waals surface area contributed by atoms with Gasteiger partial charge >= 0.3 is 0 Å². The molecule has 0 aromatic heterocycles. The molecular weight excluding hydrogens is 410 g/mol. The van der Waals surface area contributed by atoms with Crippen LogP contribution in [0.25, 0.3) is 0 Å². The first-order valence-corrected chi connectivity index (χ1v) is 9.98. The second-order valence-corrected chi connectivity index (χ2v) is 7.76. The summed E-state index contributed by atoms with van der Waals surface area (Å²) in [4.78, 5) is 15.4. The highest BCUT2D eigenvalue weighted by atomic mass is 79.9. The monoisotopic (exact) mass is 431 g/mol. The molecule has 0 unspecified atom stereocenters. The van der Waals surface area contributed by atoms with Crippen molar-refractivity contribution in [3.8, 4) is 17.2 Å². The average Bonchev–Trinajstić information content (AvgIpc) is 3.37. The summed E-state index contributed by atoms with van der Waals surface area (Å²) in [7, 11) is 1.61. The third-order valence-corrected chi connectivity index (χ3v) is 5.91. The summed E-state index contributed by atoms with van der Waals surface area (Å²) in [6.45, 7) is 0.796. The lowest BCUT2D eigenvalue weighted by Crippen LogP contribution is -2.38. The molecule has 1 aliphatic carbocycles. The molecule has 2 aliphatic rings. The van der Waals surface area contributed by atoms with E-state index in [9.17, 15) is 4.79 Å². The van der Waals surface area contributed by atoms with E-state index in [-0.39, 0.29) is 18.7 Å². The van der Waals surface area contributed by atoms with Crippen molar-refractivity contribution in [1.82, 2.24) is 4.90 Å². The Balaban J connectivity index is 1.64. The van der Waals surface area contributed by atoms with Crippen molar-refractivity contribution in [2.75, 3.05) is 13.9 Å². The number of carbonyl (C=O) groups excluding carboxylic acids is 1. The molecule has 1 heterocycles. The molecule has 0 N–H and O–H groups in total. The van der Waals surface area contributed by atoms with Gasteiger partial charge in [0.2, 0.25) is 6.79 Å². The van der Waals surface area contributed by atoms with Crippen LogP contribution in [0.4, 0.5) is 0 Å². The molecule has 6 heteroatoms. The van der Waals surface area contributed by atoms with Crippen LogP contribution in [0, 0.1) is 0 Å². The summed E-state index contributed by atoms with van der Waals surface area (Å²) in [6, 6.07) is 11.6. The molecular formula is C21H22BrNO4. The zero-order valence-corrected chi connectivity index (χ0v) is 16.8. The number of nitrogens with zero attached hydrogens (tertiary/aromatic N) is 1. The van der Waals surface area contributed by atoms with Gasteiger partial charge in [-0.05, 0) is 64.7 Å². The number of ether oxygens (including phenoxy) is 3. The predicted octanol–water partition coefficient (Wildman–Crippen LogP) is 4.77. The first-order chi connectivity index (χ1) is 13.2. The normalized spacial score (nSPS) is 15.8. The molecule has 0 radical (unpaired) electrons. The Labute approximate surface area is 167 Å². The maximum atomic E-state index is 13.4. The van der Waals surface area contributed by atoms with Crippen LogP contribution in [0.1, 0.15) is 41.6 Å². The van der Waals surface area contributed by atoms with E-state index in [4.69, 9.17) is 14.2 Å². The van der Waals surface area contributed by atoms with Crippen LogP contribution in [0.15, 0.2) is 40.9 Å². The van der Waals surface area contributed by atoms with Gasteiger partial charge in [0, 0.05) is 17.1 Å². The lowest BCUT2D eigenvalue weighted by Gasteiger charge is -2.30. The third-order valence-electron chi connectivity index (χ3n) is 5.22. The molecule has 0 atom stereocenters. The fourth-order valence-corrected chi connectivity index (χ4v) is 4.18. The SMILES string of the molecule is COc1ccc(Br)c(C(=O)N(Cc2ccc3c(c2)OCO3)C2CCCC2)c1. The van der Waals surface area contributed by atoms with Crippen LogP contribution in [0.5, 0.6) is 17.2 Å². The van der Waals surface area contributed by atoms with Gasteiger partial charge in [0.1, 0.15) is 5.75 Å². The molecule has 27 heavy (non-hydrogen) atoms. The molecule has 0 spiro atoms. The standard InChI is InChI=1S/C21H22BrNO4/c1-25-16-7-8-18(22)17(11-16)21(24)23(15-4-2-3-5-15)12-14-6-9-19-20(10-14)27-13-26-19/h6-11,15H,2-5,12-13H2,1H3. The number of methoxy groups -OCH3 is 1. The van der Waals surface area contributed by atoms with Crippen LogP contribution in [-0.4, -0.2) is 30.8 Å². The Hall–Kier alpha value is -2.21. The van der Waals surface area contributed by atoms with Gasteiger partial charge in [-0.1, -0.05) is 18.9 Å². The molecule has 142 valence electrons. The average molecular weight is 432 g/mol. The quantitative estimate of drug-likeness (QED) is 0.683. The Morgan fingerprint density at radius 2 is 1.93 bits per heavy atom. The number of hydrogen-bond acceptors (Lipinski definition) is 4. The van der Waals surface area contributed by atoms with Gasteiger partial charge in [0.05, 0.1) is 12.7 Å². The van der Waals surface area contributed by atoms with Crippen molar-refractivity contribution in [2.45, 2.75) is 38.3 Å². The number of amides is 1. The van der Waals surface area contributed by atoms with Crippen molar-refractivity contribution >= 4 is 21.8 Å². The second kappa shape index (κ2) is 7.80. The first-order valence-electron chi connectivity index (χ1n) is 9.19. The largest absolute Gasteiger partial charge is 0.497 e.